The summed E-state index contributed by atoms with van der Waals surface area (Å²) in [4.78, 5) is 14.0. The lowest BCUT2D eigenvalue weighted by Gasteiger charge is -2.42. The number of ether oxygens (including phenoxy) is 2. The fourth-order valence-corrected chi connectivity index (χ4v) is 3.64. The van der Waals surface area contributed by atoms with Crippen molar-refractivity contribution in [2.45, 2.75) is 25.3 Å². The number of hydrogen-bond acceptors (Lipinski definition) is 4. The SMILES string of the molecule is COC(=O)C1=CN(C)[C@@H]2Cc3cccc(OC)c3C[C@H]2C1. The number of fused-ring (bicyclic) bond motifs is 2. The van der Waals surface area contributed by atoms with Crippen molar-refractivity contribution >= 4 is 5.97 Å². The number of hydrogen-bond donors (Lipinski definition) is 0. The molecule has 2 atom stereocenters. The standard InChI is InChI=1S/C17H21NO3/c1-18-10-13(17(19)21-3)7-12-8-14-11(9-15(12)18)5-4-6-16(14)20-2/h4-6,10,12,15H,7-9H2,1-3H3/t12-,15-/m1/s1. The van der Waals surface area contributed by atoms with Crippen LogP contribution in [-0.2, 0) is 22.4 Å². The second kappa shape index (κ2) is 5.43. The van der Waals surface area contributed by atoms with E-state index >= 15 is 0 Å². The Kier molecular flexibility index (Phi) is 3.62. The van der Waals surface area contributed by atoms with Crippen LogP contribution in [0.2, 0.25) is 0 Å². The third-order valence-corrected chi connectivity index (χ3v) is 4.70. The van der Waals surface area contributed by atoms with Gasteiger partial charge in [0.05, 0.1) is 19.8 Å². The fraction of sp³-hybridized carbons (Fsp3) is 0.471. The summed E-state index contributed by atoms with van der Waals surface area (Å²) in [6.45, 7) is 0. The highest BCUT2D eigenvalue weighted by atomic mass is 16.5. The van der Waals surface area contributed by atoms with Crippen molar-refractivity contribution < 1.29 is 14.3 Å². The van der Waals surface area contributed by atoms with Crippen LogP contribution in [0.5, 0.6) is 5.75 Å². The summed E-state index contributed by atoms with van der Waals surface area (Å²) >= 11 is 0. The van der Waals surface area contributed by atoms with Gasteiger partial charge in [-0.15, -0.1) is 0 Å². The minimum Gasteiger partial charge on any atom is -0.496 e. The summed E-state index contributed by atoms with van der Waals surface area (Å²) in [5.41, 5.74) is 3.41. The van der Waals surface area contributed by atoms with Crippen LogP contribution in [0.3, 0.4) is 0 Å². The second-order valence-corrected chi connectivity index (χ2v) is 5.85. The molecule has 0 spiro atoms. The van der Waals surface area contributed by atoms with Crippen LogP contribution < -0.4 is 4.74 Å². The number of carbonyl (C=O) groups is 1. The first-order valence-electron chi connectivity index (χ1n) is 7.29. The van der Waals surface area contributed by atoms with Crippen LogP contribution in [0.15, 0.2) is 30.0 Å². The average molecular weight is 287 g/mol. The Balaban J connectivity index is 1.91. The predicted molar refractivity (Wildman–Crippen MR) is 80.2 cm³/mol. The van der Waals surface area contributed by atoms with Gasteiger partial charge in [-0.1, -0.05) is 12.1 Å². The minimum atomic E-state index is -0.217. The molecule has 0 saturated carbocycles. The molecule has 3 rings (SSSR count). The van der Waals surface area contributed by atoms with Crippen LogP contribution in [0.1, 0.15) is 17.5 Å². The van der Waals surface area contributed by atoms with Gasteiger partial charge in [-0.2, -0.15) is 0 Å². The number of esters is 1. The monoisotopic (exact) mass is 287 g/mol. The zero-order chi connectivity index (χ0) is 15.0. The van der Waals surface area contributed by atoms with Crippen LogP contribution >= 0.6 is 0 Å². The molecule has 0 unspecified atom stereocenters. The lowest BCUT2D eigenvalue weighted by Crippen LogP contribution is -2.44. The first-order chi connectivity index (χ1) is 10.1. The molecule has 0 aromatic heterocycles. The maximum atomic E-state index is 11.8. The predicted octanol–water partition coefficient (Wildman–Crippen LogP) is 2.17. The van der Waals surface area contributed by atoms with Crippen molar-refractivity contribution in [1.29, 1.82) is 0 Å². The molecular weight excluding hydrogens is 266 g/mol. The summed E-state index contributed by atoms with van der Waals surface area (Å²) in [5, 5.41) is 0. The lowest BCUT2D eigenvalue weighted by atomic mass is 9.75. The summed E-state index contributed by atoms with van der Waals surface area (Å²) in [6.07, 6.45) is 4.67. The zero-order valence-corrected chi connectivity index (χ0v) is 12.8. The number of carbonyl (C=O) groups excluding carboxylic acids is 1. The van der Waals surface area contributed by atoms with E-state index in [1.807, 2.05) is 19.3 Å². The van der Waals surface area contributed by atoms with Gasteiger partial charge in [0.25, 0.3) is 0 Å². The van der Waals surface area contributed by atoms with Crippen LogP contribution in [0, 0.1) is 5.92 Å². The molecule has 0 saturated heterocycles. The highest BCUT2D eigenvalue weighted by molar-refractivity contribution is 5.88. The molecule has 112 valence electrons. The van der Waals surface area contributed by atoms with Crippen molar-refractivity contribution in [2.75, 3.05) is 21.3 Å². The van der Waals surface area contributed by atoms with Crippen molar-refractivity contribution in [1.82, 2.24) is 4.90 Å². The van der Waals surface area contributed by atoms with Gasteiger partial charge < -0.3 is 14.4 Å². The van der Waals surface area contributed by atoms with Gasteiger partial charge in [0.1, 0.15) is 5.75 Å². The summed E-state index contributed by atoms with van der Waals surface area (Å²) in [7, 11) is 5.20. The van der Waals surface area contributed by atoms with E-state index in [9.17, 15) is 4.79 Å². The summed E-state index contributed by atoms with van der Waals surface area (Å²) < 4.78 is 10.4. The van der Waals surface area contributed by atoms with Crippen molar-refractivity contribution in [2.24, 2.45) is 5.92 Å². The number of rotatable bonds is 2. The lowest BCUT2D eigenvalue weighted by molar-refractivity contribution is -0.136. The van der Waals surface area contributed by atoms with Crippen molar-refractivity contribution in [3.05, 3.63) is 41.1 Å². The van der Waals surface area contributed by atoms with E-state index in [0.29, 0.717) is 12.0 Å². The third kappa shape index (κ3) is 2.39. The molecule has 1 aromatic carbocycles. The van der Waals surface area contributed by atoms with Gasteiger partial charge in [0.15, 0.2) is 0 Å². The van der Waals surface area contributed by atoms with Gasteiger partial charge in [-0.3, -0.25) is 0 Å². The highest BCUT2D eigenvalue weighted by Gasteiger charge is 2.36. The molecule has 1 aliphatic carbocycles. The number of nitrogens with zero attached hydrogens (tertiary/aromatic N) is 1. The molecule has 0 amide bonds. The Labute approximate surface area is 125 Å². The Hall–Kier alpha value is -1.97. The van der Waals surface area contributed by atoms with E-state index in [4.69, 9.17) is 9.47 Å². The van der Waals surface area contributed by atoms with E-state index in [0.717, 1.165) is 30.6 Å². The minimum absolute atomic E-state index is 0.217. The Morgan fingerprint density at radius 1 is 1.24 bits per heavy atom. The first-order valence-corrected chi connectivity index (χ1v) is 7.29. The maximum absolute atomic E-state index is 11.8. The number of methoxy groups -OCH3 is 2. The van der Waals surface area contributed by atoms with E-state index in [-0.39, 0.29) is 5.97 Å². The van der Waals surface area contributed by atoms with Crippen LogP contribution in [0.25, 0.3) is 0 Å². The van der Waals surface area contributed by atoms with Gasteiger partial charge in [-0.25, -0.2) is 4.79 Å². The van der Waals surface area contributed by atoms with Gasteiger partial charge in [0, 0.05) is 19.3 Å². The average Bonchev–Trinajstić information content (AvgIpc) is 2.51. The quantitative estimate of drug-likeness (QED) is 0.782. The normalized spacial score (nSPS) is 23.8. The second-order valence-electron chi connectivity index (χ2n) is 5.85. The molecule has 4 heteroatoms. The topological polar surface area (TPSA) is 38.8 Å². The van der Waals surface area contributed by atoms with E-state index in [1.54, 1.807) is 7.11 Å². The smallest absolute Gasteiger partial charge is 0.335 e. The molecule has 1 aromatic rings. The van der Waals surface area contributed by atoms with Crippen molar-refractivity contribution in [3.8, 4) is 5.75 Å². The van der Waals surface area contributed by atoms with E-state index < -0.39 is 0 Å². The molecule has 0 fully saturated rings. The Bertz CT molecular complexity index is 594. The first kappa shape index (κ1) is 14.0. The molecule has 2 aliphatic rings. The van der Waals surface area contributed by atoms with Crippen molar-refractivity contribution in [3.63, 3.8) is 0 Å². The summed E-state index contributed by atoms with van der Waals surface area (Å²) in [6, 6.07) is 6.69. The number of likely N-dealkylation sites (N-methyl/N-ethyl adjacent to an activating group) is 1. The van der Waals surface area contributed by atoms with E-state index in [2.05, 4.69) is 17.0 Å². The molecule has 0 N–H and O–H groups in total. The van der Waals surface area contributed by atoms with Crippen LogP contribution in [-0.4, -0.2) is 38.2 Å². The molecular formula is C17H21NO3. The fourth-order valence-electron chi connectivity index (χ4n) is 3.64. The molecule has 1 aliphatic heterocycles. The van der Waals surface area contributed by atoms with Gasteiger partial charge >= 0.3 is 5.97 Å². The van der Waals surface area contributed by atoms with Gasteiger partial charge in [-0.05, 0) is 42.4 Å². The molecule has 0 radical (unpaired) electrons. The third-order valence-electron chi connectivity index (χ3n) is 4.70. The maximum Gasteiger partial charge on any atom is 0.335 e. The largest absolute Gasteiger partial charge is 0.496 e. The van der Waals surface area contributed by atoms with Crippen LogP contribution in [0.4, 0.5) is 0 Å². The number of benzene rings is 1. The zero-order valence-electron chi connectivity index (χ0n) is 12.8. The van der Waals surface area contributed by atoms with Gasteiger partial charge in [0.2, 0.25) is 0 Å². The molecule has 0 bridgehead atoms. The Morgan fingerprint density at radius 3 is 2.76 bits per heavy atom. The molecule has 1 heterocycles. The Morgan fingerprint density at radius 2 is 2.05 bits per heavy atom. The molecule has 21 heavy (non-hydrogen) atoms. The molecule has 4 nitrogen and oxygen atoms in total. The highest BCUT2D eigenvalue weighted by Crippen LogP contribution is 2.39. The summed E-state index contributed by atoms with van der Waals surface area (Å²) in [5.74, 6) is 1.17. The van der Waals surface area contributed by atoms with E-state index in [1.165, 1.54) is 18.2 Å².